The Bertz CT molecular complexity index is 603. The summed E-state index contributed by atoms with van der Waals surface area (Å²) in [4.78, 5) is 0.997. The topological polar surface area (TPSA) is 93.1 Å². The molecule has 0 saturated heterocycles. The fraction of sp³-hybridized carbons (Fsp3) is 0. The molecule has 2 aromatic rings. The molecule has 80 valence electrons. The van der Waals surface area contributed by atoms with E-state index in [-0.39, 0.29) is 5.49 Å². The van der Waals surface area contributed by atoms with Crippen molar-refractivity contribution in [2.75, 3.05) is 5.84 Å². The zero-order chi connectivity index (χ0) is 11.5. The van der Waals surface area contributed by atoms with Crippen LogP contribution in [-0.2, 0) is 0 Å². The second-order valence-corrected chi connectivity index (χ2v) is 3.99. The van der Waals surface area contributed by atoms with Crippen molar-refractivity contribution in [3.8, 4) is 16.6 Å². The van der Waals surface area contributed by atoms with Gasteiger partial charge in [0.2, 0.25) is 0 Å². The molecule has 2 heterocycles. The highest BCUT2D eigenvalue weighted by molar-refractivity contribution is 7.13. The molecule has 0 aromatic carbocycles. The Labute approximate surface area is 95.8 Å². The van der Waals surface area contributed by atoms with Crippen molar-refractivity contribution < 1.29 is 0 Å². The van der Waals surface area contributed by atoms with Crippen LogP contribution in [0.1, 0.15) is 5.56 Å². The second kappa shape index (κ2) is 4.08. The number of pyridine rings is 1. The molecule has 0 spiro atoms. The van der Waals surface area contributed by atoms with Crippen LogP contribution in [0, 0.1) is 11.3 Å². The average molecular weight is 231 g/mol. The Kier molecular flexibility index (Phi) is 2.62. The van der Waals surface area contributed by atoms with E-state index in [1.54, 1.807) is 23.5 Å². The van der Waals surface area contributed by atoms with Crippen molar-refractivity contribution in [3.05, 3.63) is 40.7 Å². The minimum absolute atomic E-state index is 0.272. The van der Waals surface area contributed by atoms with Gasteiger partial charge in [0.25, 0.3) is 0 Å². The molecule has 0 aliphatic carbocycles. The molecule has 4 N–H and O–H groups in total. The zero-order valence-corrected chi connectivity index (χ0v) is 9.11. The lowest BCUT2D eigenvalue weighted by molar-refractivity contribution is 0.878. The Balaban J connectivity index is 2.74. The van der Waals surface area contributed by atoms with Crippen molar-refractivity contribution in [2.45, 2.75) is 0 Å². The number of aromatic nitrogens is 1. The van der Waals surface area contributed by atoms with Crippen molar-refractivity contribution in [1.82, 2.24) is 4.68 Å². The first-order valence-corrected chi connectivity index (χ1v) is 5.35. The molecule has 0 bridgehead atoms. The number of nitriles is 1. The molecule has 2 aromatic heterocycles. The number of nitrogens with two attached hydrogens (primary N) is 2. The van der Waals surface area contributed by atoms with Crippen LogP contribution in [0.4, 0.5) is 0 Å². The third-order valence-corrected chi connectivity index (χ3v) is 3.05. The van der Waals surface area contributed by atoms with Gasteiger partial charge in [0.05, 0.1) is 16.1 Å². The SMILES string of the molecule is N#Cc1ccc(-c2cccs2)n(N)/c1=N\N. The van der Waals surface area contributed by atoms with E-state index in [2.05, 4.69) is 5.10 Å². The van der Waals surface area contributed by atoms with Crippen LogP contribution in [0.5, 0.6) is 0 Å². The van der Waals surface area contributed by atoms with Crippen molar-refractivity contribution in [1.29, 1.82) is 5.26 Å². The van der Waals surface area contributed by atoms with E-state index < -0.39 is 0 Å². The fourth-order valence-corrected chi connectivity index (χ4v) is 2.15. The maximum absolute atomic E-state index is 8.86. The van der Waals surface area contributed by atoms with E-state index in [1.165, 1.54) is 4.68 Å². The first-order chi connectivity index (χ1) is 7.77. The van der Waals surface area contributed by atoms with Crippen LogP contribution in [0.3, 0.4) is 0 Å². The van der Waals surface area contributed by atoms with Gasteiger partial charge in [-0.05, 0) is 23.6 Å². The van der Waals surface area contributed by atoms with E-state index in [4.69, 9.17) is 16.9 Å². The third kappa shape index (κ3) is 1.53. The zero-order valence-electron chi connectivity index (χ0n) is 8.29. The summed E-state index contributed by atoms with van der Waals surface area (Å²) < 4.78 is 1.32. The largest absolute Gasteiger partial charge is 0.337 e. The van der Waals surface area contributed by atoms with Gasteiger partial charge >= 0.3 is 0 Å². The standard InChI is InChI=1S/C10H9N5S/c11-6-7-3-4-8(9-2-1-5-16-9)15(13)10(7)14-12/h1-5H,12-13H2/b14-10-. The molecule has 6 heteroatoms. The van der Waals surface area contributed by atoms with E-state index in [9.17, 15) is 0 Å². The van der Waals surface area contributed by atoms with Gasteiger partial charge in [0, 0.05) is 0 Å². The van der Waals surface area contributed by atoms with Gasteiger partial charge in [0.15, 0.2) is 5.49 Å². The molecule has 16 heavy (non-hydrogen) atoms. The molecular formula is C10H9N5S. The van der Waals surface area contributed by atoms with E-state index in [0.29, 0.717) is 5.56 Å². The number of hydrogen-bond acceptors (Lipinski definition) is 5. The second-order valence-electron chi connectivity index (χ2n) is 3.04. The Morgan fingerprint density at radius 3 is 2.75 bits per heavy atom. The number of hydrogen-bond donors (Lipinski definition) is 2. The fourth-order valence-electron chi connectivity index (χ4n) is 1.41. The minimum atomic E-state index is 0.272. The first-order valence-electron chi connectivity index (χ1n) is 4.47. The molecule has 0 unspecified atom stereocenters. The van der Waals surface area contributed by atoms with Crippen molar-refractivity contribution in [2.24, 2.45) is 10.9 Å². The lowest BCUT2D eigenvalue weighted by atomic mass is 10.2. The van der Waals surface area contributed by atoms with Gasteiger partial charge in [-0.3, -0.25) is 0 Å². The molecule has 0 atom stereocenters. The Morgan fingerprint density at radius 2 is 2.19 bits per heavy atom. The van der Waals surface area contributed by atoms with Gasteiger partial charge in [-0.25, -0.2) is 4.68 Å². The Morgan fingerprint density at radius 1 is 1.38 bits per heavy atom. The van der Waals surface area contributed by atoms with E-state index >= 15 is 0 Å². The summed E-state index contributed by atoms with van der Waals surface area (Å²) in [5.41, 5.74) is 1.40. The lowest BCUT2D eigenvalue weighted by Crippen LogP contribution is -2.32. The molecule has 0 fully saturated rings. The predicted molar refractivity (Wildman–Crippen MR) is 62.4 cm³/mol. The molecule has 0 aliphatic rings. The van der Waals surface area contributed by atoms with Crippen LogP contribution >= 0.6 is 11.3 Å². The quantitative estimate of drug-likeness (QED) is 0.555. The number of thiophene rings is 1. The lowest BCUT2D eigenvalue weighted by Gasteiger charge is -2.07. The monoisotopic (exact) mass is 231 g/mol. The summed E-state index contributed by atoms with van der Waals surface area (Å²) in [5.74, 6) is 11.1. The van der Waals surface area contributed by atoms with Gasteiger partial charge in [-0.2, -0.15) is 10.4 Å². The highest BCUT2D eigenvalue weighted by Gasteiger charge is 2.07. The highest BCUT2D eigenvalue weighted by Crippen LogP contribution is 2.22. The van der Waals surface area contributed by atoms with Gasteiger partial charge in [-0.15, -0.1) is 11.3 Å². The van der Waals surface area contributed by atoms with Gasteiger partial charge in [-0.1, -0.05) is 6.07 Å². The average Bonchev–Trinajstić information content (AvgIpc) is 2.81. The minimum Gasteiger partial charge on any atom is -0.337 e. The normalized spacial score (nSPS) is 11.3. The smallest absolute Gasteiger partial charge is 0.188 e. The Hall–Kier alpha value is -2.26. The van der Waals surface area contributed by atoms with E-state index in [0.717, 1.165) is 10.6 Å². The maximum Gasteiger partial charge on any atom is 0.188 e. The molecule has 0 aliphatic heterocycles. The van der Waals surface area contributed by atoms with Crippen LogP contribution in [-0.4, -0.2) is 4.68 Å². The van der Waals surface area contributed by atoms with Crippen LogP contribution in [0.15, 0.2) is 34.7 Å². The van der Waals surface area contributed by atoms with Gasteiger partial charge < -0.3 is 11.7 Å². The summed E-state index contributed by atoms with van der Waals surface area (Å²) in [6.07, 6.45) is 0. The van der Waals surface area contributed by atoms with Crippen LogP contribution < -0.4 is 17.2 Å². The molecule has 0 saturated carbocycles. The summed E-state index contributed by atoms with van der Waals surface area (Å²) in [6, 6.07) is 9.29. The van der Waals surface area contributed by atoms with Crippen molar-refractivity contribution >= 4 is 11.3 Å². The summed E-state index contributed by atoms with van der Waals surface area (Å²) in [7, 11) is 0. The highest BCUT2D eigenvalue weighted by atomic mass is 32.1. The number of nitrogens with zero attached hydrogens (tertiary/aromatic N) is 3. The third-order valence-electron chi connectivity index (χ3n) is 2.15. The number of rotatable bonds is 1. The van der Waals surface area contributed by atoms with Crippen LogP contribution in [0.25, 0.3) is 10.6 Å². The number of nitrogen functional groups attached to an aromatic ring is 1. The summed E-state index contributed by atoms with van der Waals surface area (Å²) in [5, 5.41) is 14.3. The molecular weight excluding hydrogens is 222 g/mol. The predicted octanol–water partition coefficient (Wildman–Crippen LogP) is 0.576. The van der Waals surface area contributed by atoms with Crippen molar-refractivity contribution in [3.63, 3.8) is 0 Å². The maximum atomic E-state index is 8.86. The first kappa shape index (κ1) is 10.3. The molecule has 2 rings (SSSR count). The molecule has 0 radical (unpaired) electrons. The molecule has 5 nitrogen and oxygen atoms in total. The van der Waals surface area contributed by atoms with E-state index in [1.807, 2.05) is 23.6 Å². The van der Waals surface area contributed by atoms with Crippen LogP contribution in [0.2, 0.25) is 0 Å². The summed E-state index contributed by atoms with van der Waals surface area (Å²) >= 11 is 1.56. The summed E-state index contributed by atoms with van der Waals surface area (Å²) in [6.45, 7) is 0. The molecule has 0 amide bonds. The van der Waals surface area contributed by atoms with Gasteiger partial charge in [0.1, 0.15) is 6.07 Å².